The SMILES string of the molecule is CC(C)[C@@H](C)NC(=O)c1ccccc1C(=O)N[C@H](C)C(C)C. The first-order valence-corrected chi connectivity index (χ1v) is 7.94. The summed E-state index contributed by atoms with van der Waals surface area (Å²) >= 11 is 0. The van der Waals surface area contributed by atoms with Gasteiger partial charge in [0, 0.05) is 12.1 Å². The highest BCUT2D eigenvalue weighted by molar-refractivity contribution is 6.07. The van der Waals surface area contributed by atoms with E-state index in [1.807, 2.05) is 41.5 Å². The number of carbonyl (C=O) groups is 2. The van der Waals surface area contributed by atoms with Gasteiger partial charge in [0.25, 0.3) is 11.8 Å². The van der Waals surface area contributed by atoms with Gasteiger partial charge in [-0.25, -0.2) is 0 Å². The van der Waals surface area contributed by atoms with Gasteiger partial charge < -0.3 is 10.6 Å². The average molecular weight is 304 g/mol. The van der Waals surface area contributed by atoms with Crippen molar-refractivity contribution < 1.29 is 9.59 Å². The van der Waals surface area contributed by atoms with Crippen molar-refractivity contribution in [3.8, 4) is 0 Å². The fourth-order valence-electron chi connectivity index (χ4n) is 1.78. The third kappa shape index (κ3) is 4.86. The lowest BCUT2D eigenvalue weighted by molar-refractivity contribution is 0.0895. The van der Waals surface area contributed by atoms with Crippen LogP contribution >= 0.6 is 0 Å². The fourth-order valence-corrected chi connectivity index (χ4v) is 1.78. The molecule has 0 saturated carbocycles. The average Bonchev–Trinajstić information content (AvgIpc) is 2.46. The number of carbonyl (C=O) groups excluding carboxylic acids is 2. The van der Waals surface area contributed by atoms with E-state index in [2.05, 4.69) is 10.6 Å². The third-order valence-electron chi connectivity index (χ3n) is 4.13. The molecular weight excluding hydrogens is 276 g/mol. The smallest absolute Gasteiger partial charge is 0.252 e. The molecule has 0 fully saturated rings. The van der Waals surface area contributed by atoms with Gasteiger partial charge in [-0.05, 0) is 37.8 Å². The van der Waals surface area contributed by atoms with Gasteiger partial charge >= 0.3 is 0 Å². The Balaban J connectivity index is 2.94. The van der Waals surface area contributed by atoms with Crippen molar-refractivity contribution in [2.24, 2.45) is 11.8 Å². The van der Waals surface area contributed by atoms with Gasteiger partial charge in [0.2, 0.25) is 0 Å². The van der Waals surface area contributed by atoms with Gasteiger partial charge in [-0.3, -0.25) is 9.59 Å². The topological polar surface area (TPSA) is 58.2 Å². The molecule has 0 aliphatic carbocycles. The highest BCUT2D eigenvalue weighted by atomic mass is 16.2. The summed E-state index contributed by atoms with van der Waals surface area (Å²) in [7, 11) is 0. The van der Waals surface area contributed by atoms with Gasteiger partial charge in [-0.1, -0.05) is 39.8 Å². The van der Waals surface area contributed by atoms with Crippen molar-refractivity contribution >= 4 is 11.8 Å². The van der Waals surface area contributed by atoms with Crippen LogP contribution in [0, 0.1) is 11.8 Å². The summed E-state index contributed by atoms with van der Waals surface area (Å²) in [6, 6.07) is 7.04. The normalized spacial score (nSPS) is 13.8. The zero-order valence-electron chi connectivity index (χ0n) is 14.4. The number of nitrogens with one attached hydrogen (secondary N) is 2. The molecule has 4 heteroatoms. The van der Waals surface area contributed by atoms with Crippen LogP contribution in [0.1, 0.15) is 62.3 Å². The van der Waals surface area contributed by atoms with Gasteiger partial charge in [-0.15, -0.1) is 0 Å². The van der Waals surface area contributed by atoms with Crippen molar-refractivity contribution in [2.45, 2.75) is 53.6 Å². The second-order valence-electron chi connectivity index (χ2n) is 6.56. The highest BCUT2D eigenvalue weighted by Crippen LogP contribution is 2.12. The van der Waals surface area contributed by atoms with Crippen LogP contribution in [0.5, 0.6) is 0 Å². The molecule has 0 spiro atoms. The fraction of sp³-hybridized carbons (Fsp3) is 0.556. The minimum absolute atomic E-state index is 0.0539. The molecule has 0 heterocycles. The van der Waals surface area contributed by atoms with E-state index in [1.165, 1.54) is 0 Å². The first-order chi connectivity index (χ1) is 10.2. The molecule has 22 heavy (non-hydrogen) atoms. The summed E-state index contributed by atoms with van der Waals surface area (Å²) in [5.74, 6) is 0.269. The number of hydrogen-bond donors (Lipinski definition) is 2. The van der Waals surface area contributed by atoms with E-state index in [0.717, 1.165) is 0 Å². The van der Waals surface area contributed by atoms with Crippen LogP contribution in [-0.2, 0) is 0 Å². The van der Waals surface area contributed by atoms with Crippen LogP contribution < -0.4 is 10.6 Å². The molecule has 0 bridgehead atoms. The summed E-state index contributed by atoms with van der Waals surface area (Å²) in [6.45, 7) is 12.1. The minimum Gasteiger partial charge on any atom is -0.349 e. The van der Waals surface area contributed by atoms with E-state index >= 15 is 0 Å². The summed E-state index contributed by atoms with van der Waals surface area (Å²) in [5.41, 5.74) is 0.840. The van der Waals surface area contributed by atoms with Gasteiger partial charge in [0.05, 0.1) is 11.1 Å². The van der Waals surface area contributed by atoms with Crippen LogP contribution in [0.15, 0.2) is 24.3 Å². The van der Waals surface area contributed by atoms with Crippen molar-refractivity contribution in [3.05, 3.63) is 35.4 Å². The second kappa shape index (κ2) is 7.97. The monoisotopic (exact) mass is 304 g/mol. The van der Waals surface area contributed by atoms with Crippen molar-refractivity contribution in [1.82, 2.24) is 10.6 Å². The first kappa shape index (κ1) is 18.2. The summed E-state index contributed by atoms with van der Waals surface area (Å²) < 4.78 is 0. The van der Waals surface area contributed by atoms with Crippen molar-refractivity contribution in [3.63, 3.8) is 0 Å². The molecule has 0 aliphatic heterocycles. The second-order valence-corrected chi connectivity index (χ2v) is 6.56. The molecule has 1 rings (SSSR count). The maximum atomic E-state index is 12.4. The van der Waals surface area contributed by atoms with E-state index in [4.69, 9.17) is 0 Å². The Hall–Kier alpha value is -1.84. The Morgan fingerprint density at radius 2 is 1.05 bits per heavy atom. The zero-order chi connectivity index (χ0) is 16.9. The molecule has 1 aromatic carbocycles. The standard InChI is InChI=1S/C18H28N2O2/c1-11(2)13(5)19-17(21)15-9-7-8-10-16(15)18(22)20-14(6)12(3)4/h7-14H,1-6H3,(H,19,21)(H,20,22)/t13-,14-/m1/s1. The highest BCUT2D eigenvalue weighted by Gasteiger charge is 2.20. The lowest BCUT2D eigenvalue weighted by Crippen LogP contribution is -2.39. The minimum atomic E-state index is -0.204. The van der Waals surface area contributed by atoms with Crippen molar-refractivity contribution in [1.29, 1.82) is 0 Å². The lowest BCUT2D eigenvalue weighted by Gasteiger charge is -2.20. The van der Waals surface area contributed by atoms with Gasteiger partial charge in [0.1, 0.15) is 0 Å². The van der Waals surface area contributed by atoms with E-state index in [9.17, 15) is 9.59 Å². The number of amides is 2. The summed E-state index contributed by atoms with van der Waals surface area (Å²) in [6.07, 6.45) is 0. The van der Waals surface area contributed by atoms with Crippen LogP contribution in [0.25, 0.3) is 0 Å². The third-order valence-corrected chi connectivity index (χ3v) is 4.13. The van der Waals surface area contributed by atoms with E-state index in [0.29, 0.717) is 23.0 Å². The Labute approximate surface area is 133 Å². The first-order valence-electron chi connectivity index (χ1n) is 7.94. The Morgan fingerprint density at radius 3 is 1.32 bits per heavy atom. The number of benzene rings is 1. The largest absolute Gasteiger partial charge is 0.349 e. The molecule has 0 unspecified atom stereocenters. The van der Waals surface area contributed by atoms with Crippen molar-refractivity contribution in [2.75, 3.05) is 0 Å². The molecule has 122 valence electrons. The molecule has 0 aromatic heterocycles. The molecular formula is C18H28N2O2. The Bertz CT molecular complexity index is 477. The number of hydrogen-bond acceptors (Lipinski definition) is 2. The van der Waals surface area contributed by atoms with E-state index in [1.54, 1.807) is 24.3 Å². The summed E-state index contributed by atoms with van der Waals surface area (Å²) in [5, 5.41) is 5.90. The molecule has 4 nitrogen and oxygen atoms in total. The van der Waals surface area contributed by atoms with Crippen LogP contribution in [0.3, 0.4) is 0 Å². The molecule has 0 radical (unpaired) electrons. The maximum Gasteiger partial charge on any atom is 0.252 e. The quantitative estimate of drug-likeness (QED) is 0.847. The van der Waals surface area contributed by atoms with Crippen LogP contribution in [0.2, 0.25) is 0 Å². The van der Waals surface area contributed by atoms with E-state index < -0.39 is 0 Å². The molecule has 1 aromatic rings. The van der Waals surface area contributed by atoms with Gasteiger partial charge in [0.15, 0.2) is 0 Å². The lowest BCUT2D eigenvalue weighted by atomic mass is 10.0. The predicted molar refractivity (Wildman–Crippen MR) is 90.0 cm³/mol. The molecule has 0 aliphatic rings. The molecule has 2 N–H and O–H groups in total. The Morgan fingerprint density at radius 1 is 0.727 bits per heavy atom. The van der Waals surface area contributed by atoms with Gasteiger partial charge in [-0.2, -0.15) is 0 Å². The van der Waals surface area contributed by atoms with E-state index in [-0.39, 0.29) is 23.9 Å². The zero-order valence-corrected chi connectivity index (χ0v) is 14.4. The van der Waals surface area contributed by atoms with Crippen LogP contribution in [0.4, 0.5) is 0 Å². The maximum absolute atomic E-state index is 12.4. The Kier molecular flexibility index (Phi) is 6.60. The molecule has 2 atom stereocenters. The molecule has 2 amide bonds. The summed E-state index contributed by atoms with van der Waals surface area (Å²) in [4.78, 5) is 24.8. The number of rotatable bonds is 6. The predicted octanol–water partition coefficient (Wildman–Crippen LogP) is 3.24. The molecule has 0 saturated heterocycles. The van der Waals surface area contributed by atoms with Crippen LogP contribution in [-0.4, -0.2) is 23.9 Å².